The Bertz CT molecular complexity index is 1050. The molecule has 0 aliphatic carbocycles. The molecule has 0 saturated carbocycles. The average Bonchev–Trinajstić information content (AvgIpc) is 2.96. The number of aryl methyl sites for hydroxylation is 3. The normalized spacial score (nSPS) is 10.2. The van der Waals surface area contributed by atoms with Crippen LogP contribution in [-0.4, -0.2) is 29.4 Å². The molecule has 3 aromatic rings. The Morgan fingerprint density at radius 2 is 0.636 bits per heavy atom. The van der Waals surface area contributed by atoms with Gasteiger partial charge in [-0.25, -0.2) is 0 Å². The number of benzene rings is 3. The van der Waals surface area contributed by atoms with Crippen molar-refractivity contribution in [1.29, 1.82) is 0 Å². The zero-order chi connectivity index (χ0) is 31.7. The van der Waals surface area contributed by atoms with Gasteiger partial charge in [0.15, 0.2) is 0 Å². The van der Waals surface area contributed by atoms with Crippen molar-refractivity contribution in [1.82, 2.24) is 0 Å². The minimum Gasteiger partial charge on any atom is -0.427 e. The topological polar surface area (TPSA) is 149 Å². The molecule has 0 bridgehead atoms. The Kier molecular flexibility index (Phi) is 25.7. The quantitative estimate of drug-likeness (QED) is 0.106. The maximum absolute atomic E-state index is 8.79. The maximum atomic E-state index is 8.79. The van der Waals surface area contributed by atoms with Gasteiger partial charge in [0.2, 0.25) is 0 Å². The summed E-state index contributed by atoms with van der Waals surface area (Å²) in [4.78, 5) is 52.7. The summed E-state index contributed by atoms with van der Waals surface area (Å²) < 4.78 is 14.9. The SMILES string of the molecule is CCc1cccc(OP(O)O)c1CC.CCc1cccc(OP(O)O)c1CC.CCc1cccc(OP(O)O)c1CC.P.P. The molecule has 0 spiro atoms. The van der Waals surface area contributed by atoms with Gasteiger partial charge in [-0.15, -0.1) is 0 Å². The van der Waals surface area contributed by atoms with E-state index in [1.165, 1.54) is 16.7 Å². The van der Waals surface area contributed by atoms with Gasteiger partial charge >= 0.3 is 25.8 Å². The highest BCUT2D eigenvalue weighted by molar-refractivity contribution is 7.40. The van der Waals surface area contributed by atoms with Gasteiger partial charge in [-0.3, -0.25) is 0 Å². The van der Waals surface area contributed by atoms with E-state index < -0.39 is 25.8 Å². The van der Waals surface area contributed by atoms with Gasteiger partial charge < -0.3 is 42.9 Å². The van der Waals surface area contributed by atoms with Crippen LogP contribution in [0.2, 0.25) is 0 Å². The summed E-state index contributed by atoms with van der Waals surface area (Å²) in [5.41, 5.74) is 6.77. The highest BCUT2D eigenvalue weighted by Gasteiger charge is 2.12. The Hall–Kier alpha value is -1.03. The van der Waals surface area contributed by atoms with E-state index in [4.69, 9.17) is 42.9 Å². The van der Waals surface area contributed by atoms with E-state index in [9.17, 15) is 0 Å². The van der Waals surface area contributed by atoms with Gasteiger partial charge in [-0.2, -0.15) is 19.8 Å². The van der Waals surface area contributed by atoms with E-state index in [2.05, 4.69) is 20.8 Å². The van der Waals surface area contributed by atoms with Gasteiger partial charge in [0, 0.05) is 0 Å². The Balaban J connectivity index is 0. The van der Waals surface area contributed by atoms with E-state index in [0.29, 0.717) is 17.2 Å². The smallest absolute Gasteiger partial charge is 0.391 e. The third kappa shape index (κ3) is 15.5. The molecule has 0 radical (unpaired) electrons. The van der Waals surface area contributed by atoms with Gasteiger partial charge in [-0.05, 0) is 90.1 Å². The summed E-state index contributed by atoms with van der Waals surface area (Å²) in [6.45, 7) is 12.3. The summed E-state index contributed by atoms with van der Waals surface area (Å²) >= 11 is 0. The lowest BCUT2D eigenvalue weighted by Crippen LogP contribution is -1.96. The minimum absolute atomic E-state index is 0. The molecular formula is C30H51O9P5. The van der Waals surface area contributed by atoms with Crippen molar-refractivity contribution in [3.8, 4) is 17.2 Å². The molecule has 0 amide bonds. The van der Waals surface area contributed by atoms with E-state index in [1.54, 1.807) is 18.2 Å². The first kappa shape index (κ1) is 45.1. The molecule has 2 atom stereocenters. The average molecular weight is 711 g/mol. The summed E-state index contributed by atoms with van der Waals surface area (Å²) in [7, 11) is -6.95. The van der Waals surface area contributed by atoms with Crippen LogP contribution in [-0.2, 0) is 38.5 Å². The first-order valence-corrected chi connectivity index (χ1v) is 17.5. The van der Waals surface area contributed by atoms with Crippen LogP contribution in [0.1, 0.15) is 74.9 Å². The summed E-state index contributed by atoms with van der Waals surface area (Å²) in [5.74, 6) is 1.76. The van der Waals surface area contributed by atoms with Gasteiger partial charge in [0.25, 0.3) is 0 Å². The van der Waals surface area contributed by atoms with Crippen molar-refractivity contribution in [2.75, 3.05) is 0 Å². The lowest BCUT2D eigenvalue weighted by atomic mass is 10.0. The summed E-state index contributed by atoms with van der Waals surface area (Å²) in [6, 6.07) is 17.0. The van der Waals surface area contributed by atoms with Gasteiger partial charge in [0.1, 0.15) is 17.2 Å². The Morgan fingerprint density at radius 1 is 0.409 bits per heavy atom. The van der Waals surface area contributed by atoms with Crippen molar-refractivity contribution in [2.24, 2.45) is 0 Å². The minimum atomic E-state index is -2.32. The van der Waals surface area contributed by atoms with Crippen LogP contribution in [0.4, 0.5) is 0 Å². The molecule has 0 saturated heterocycles. The molecular weight excluding hydrogens is 659 g/mol. The fraction of sp³-hybridized carbons (Fsp3) is 0.400. The van der Waals surface area contributed by atoms with Crippen LogP contribution in [0.5, 0.6) is 17.2 Å². The van der Waals surface area contributed by atoms with E-state index in [0.717, 1.165) is 55.2 Å². The second kappa shape index (κ2) is 25.1. The summed E-state index contributed by atoms with van der Waals surface area (Å²) in [5, 5.41) is 0. The van der Waals surface area contributed by atoms with Crippen molar-refractivity contribution < 1.29 is 42.9 Å². The van der Waals surface area contributed by atoms with E-state index in [-0.39, 0.29) is 19.8 Å². The molecule has 3 aromatic carbocycles. The molecule has 6 N–H and O–H groups in total. The fourth-order valence-electron chi connectivity index (χ4n) is 4.55. The highest BCUT2D eigenvalue weighted by atomic mass is 31.2. The van der Waals surface area contributed by atoms with Crippen LogP contribution in [0.15, 0.2) is 54.6 Å². The third-order valence-electron chi connectivity index (χ3n) is 6.43. The number of hydrogen-bond acceptors (Lipinski definition) is 9. The zero-order valence-corrected chi connectivity index (χ0v) is 32.1. The van der Waals surface area contributed by atoms with Crippen molar-refractivity contribution in [2.45, 2.75) is 80.1 Å². The summed E-state index contributed by atoms with van der Waals surface area (Å²) in [6.07, 6.45) is 5.28. The first-order chi connectivity index (χ1) is 20.1. The van der Waals surface area contributed by atoms with Crippen molar-refractivity contribution >= 4 is 45.6 Å². The second-order valence-electron chi connectivity index (χ2n) is 8.83. The van der Waals surface area contributed by atoms with Crippen LogP contribution >= 0.6 is 45.6 Å². The van der Waals surface area contributed by atoms with Crippen LogP contribution < -0.4 is 13.6 Å². The van der Waals surface area contributed by atoms with Crippen LogP contribution in [0.3, 0.4) is 0 Å². The number of rotatable bonds is 12. The molecule has 250 valence electrons. The zero-order valence-electron chi connectivity index (χ0n) is 26.6. The number of hydrogen-bond donors (Lipinski definition) is 6. The molecule has 0 heterocycles. The fourth-order valence-corrected chi connectivity index (χ4v) is 5.59. The first-order valence-electron chi connectivity index (χ1n) is 14.0. The predicted octanol–water partition coefficient (Wildman–Crippen LogP) is 7.32. The monoisotopic (exact) mass is 710 g/mol. The van der Waals surface area contributed by atoms with Gasteiger partial charge in [0.05, 0.1) is 0 Å². The lowest BCUT2D eigenvalue weighted by molar-refractivity contribution is 0.371. The maximum Gasteiger partial charge on any atom is 0.391 e. The molecule has 3 rings (SSSR count). The largest absolute Gasteiger partial charge is 0.427 e. The van der Waals surface area contributed by atoms with Crippen LogP contribution in [0.25, 0.3) is 0 Å². The van der Waals surface area contributed by atoms with Crippen molar-refractivity contribution in [3.05, 3.63) is 88.0 Å². The van der Waals surface area contributed by atoms with Crippen LogP contribution in [0, 0.1) is 0 Å². The molecule has 14 heteroatoms. The standard InChI is InChI=1S/3C10H15O3P.2H3P/c3*1-3-8-6-5-7-10(9(8)4-2)13-14(11)12;;/h3*5-7,11-12H,3-4H2,1-2H3;2*1H3. The van der Waals surface area contributed by atoms with E-state index in [1.807, 2.05) is 57.2 Å². The Morgan fingerprint density at radius 3 is 0.795 bits per heavy atom. The molecule has 0 fully saturated rings. The third-order valence-corrected chi connectivity index (χ3v) is 7.51. The van der Waals surface area contributed by atoms with Gasteiger partial charge in [-0.1, -0.05) is 77.9 Å². The molecule has 0 aliphatic heterocycles. The molecule has 0 aliphatic rings. The molecule has 0 aromatic heterocycles. The second-order valence-corrected chi connectivity index (χ2v) is 10.9. The molecule has 2 unspecified atom stereocenters. The predicted molar refractivity (Wildman–Crippen MR) is 194 cm³/mol. The molecule has 44 heavy (non-hydrogen) atoms. The van der Waals surface area contributed by atoms with Crippen molar-refractivity contribution in [3.63, 3.8) is 0 Å². The Labute approximate surface area is 273 Å². The highest BCUT2D eigenvalue weighted by Crippen LogP contribution is 2.35. The molecule has 9 nitrogen and oxygen atoms in total. The van der Waals surface area contributed by atoms with E-state index >= 15 is 0 Å². The lowest BCUT2D eigenvalue weighted by Gasteiger charge is -2.13.